The van der Waals surface area contributed by atoms with Crippen LogP contribution in [-0.2, 0) is 23.1 Å². The number of nitrogens with zero attached hydrogens (tertiary/aromatic N) is 3. The molecule has 1 amide bonds. The van der Waals surface area contributed by atoms with Crippen LogP contribution in [0.4, 0.5) is 0 Å². The van der Waals surface area contributed by atoms with Gasteiger partial charge in [-0.2, -0.15) is 4.98 Å². The topological polar surface area (TPSA) is 84.7 Å². The summed E-state index contributed by atoms with van der Waals surface area (Å²) in [6, 6.07) is 10.4. The summed E-state index contributed by atoms with van der Waals surface area (Å²) in [6.07, 6.45) is 4.93. The minimum absolute atomic E-state index is 0.0212. The minimum Gasteiger partial charge on any atom is -0.501 e. The molecule has 1 saturated heterocycles. The first kappa shape index (κ1) is 18.4. The fourth-order valence-corrected chi connectivity index (χ4v) is 5.09. The van der Waals surface area contributed by atoms with Crippen LogP contribution >= 0.6 is 0 Å². The van der Waals surface area contributed by atoms with E-state index in [1.165, 1.54) is 5.56 Å². The van der Waals surface area contributed by atoms with Crippen molar-refractivity contribution in [3.63, 3.8) is 0 Å². The van der Waals surface area contributed by atoms with Gasteiger partial charge in [-0.1, -0.05) is 43.2 Å². The van der Waals surface area contributed by atoms with Crippen LogP contribution in [-0.4, -0.2) is 51.3 Å². The first-order valence-corrected chi connectivity index (χ1v) is 10.4. The van der Waals surface area contributed by atoms with Gasteiger partial charge in [0.2, 0.25) is 5.75 Å². The average Bonchev–Trinajstić information content (AvgIpc) is 3.16. The second-order valence-electron chi connectivity index (χ2n) is 8.40. The Balaban J connectivity index is 1.56. The molecule has 2 aromatic rings. The maximum atomic E-state index is 13.1. The van der Waals surface area contributed by atoms with E-state index in [1.807, 2.05) is 18.2 Å². The Hall–Kier alpha value is -2.67. The minimum atomic E-state index is -0.715. The molecular weight excluding hydrogens is 370 g/mol. The lowest BCUT2D eigenvalue weighted by Gasteiger charge is -2.41. The van der Waals surface area contributed by atoms with E-state index in [0.717, 1.165) is 25.7 Å². The highest BCUT2D eigenvalue weighted by molar-refractivity contribution is 5.96. The highest BCUT2D eigenvalue weighted by Crippen LogP contribution is 2.43. The van der Waals surface area contributed by atoms with Gasteiger partial charge in [-0.3, -0.25) is 9.59 Å². The van der Waals surface area contributed by atoms with Crippen LogP contribution in [0.3, 0.4) is 0 Å². The van der Waals surface area contributed by atoms with Crippen LogP contribution in [0.25, 0.3) is 0 Å². The van der Waals surface area contributed by atoms with E-state index < -0.39 is 11.3 Å². The van der Waals surface area contributed by atoms with Crippen molar-refractivity contribution in [3.05, 3.63) is 57.8 Å². The molecule has 152 valence electrons. The lowest BCUT2D eigenvalue weighted by atomic mass is 9.76. The summed E-state index contributed by atoms with van der Waals surface area (Å²) in [5, 5.41) is 10.4. The number of amides is 1. The summed E-state index contributed by atoms with van der Waals surface area (Å²) in [4.78, 5) is 31.5. The Bertz CT molecular complexity index is 991. The molecule has 3 aliphatic rings. The summed E-state index contributed by atoms with van der Waals surface area (Å²) >= 11 is 0. The van der Waals surface area contributed by atoms with Gasteiger partial charge in [0.25, 0.3) is 5.91 Å². The predicted octanol–water partition coefficient (Wildman–Crippen LogP) is 1.86. The van der Waals surface area contributed by atoms with Crippen molar-refractivity contribution in [2.45, 2.75) is 50.1 Å². The van der Waals surface area contributed by atoms with Crippen LogP contribution in [0.15, 0.2) is 35.1 Å². The van der Waals surface area contributed by atoms with Crippen molar-refractivity contribution >= 4 is 5.91 Å². The SMILES string of the molecule is O=C1c2c(O)c(=O)nc(CC3(c4ccccc4)CCCC3)n2CCN1C1COC1. The Morgan fingerprint density at radius 3 is 2.48 bits per heavy atom. The number of carbonyl (C=O) groups excluding carboxylic acids is 1. The fourth-order valence-electron chi connectivity index (χ4n) is 5.09. The molecular formula is C22H25N3O4. The van der Waals surface area contributed by atoms with E-state index in [1.54, 1.807) is 9.47 Å². The Morgan fingerprint density at radius 2 is 1.83 bits per heavy atom. The van der Waals surface area contributed by atoms with Crippen molar-refractivity contribution in [3.8, 4) is 5.75 Å². The van der Waals surface area contributed by atoms with Crippen LogP contribution < -0.4 is 5.56 Å². The molecule has 0 atom stereocenters. The number of hydrogen-bond donors (Lipinski definition) is 1. The van der Waals surface area contributed by atoms with E-state index in [9.17, 15) is 14.7 Å². The van der Waals surface area contributed by atoms with E-state index >= 15 is 0 Å². The molecule has 0 bridgehead atoms. The number of aromatic nitrogens is 2. The first-order chi connectivity index (χ1) is 14.1. The molecule has 1 aromatic heterocycles. The molecule has 1 aromatic carbocycles. The van der Waals surface area contributed by atoms with Gasteiger partial charge in [0.05, 0.1) is 19.3 Å². The van der Waals surface area contributed by atoms with Crippen molar-refractivity contribution < 1.29 is 14.6 Å². The third kappa shape index (κ3) is 2.95. The lowest BCUT2D eigenvalue weighted by Crippen LogP contribution is -2.55. The van der Waals surface area contributed by atoms with Gasteiger partial charge >= 0.3 is 5.56 Å². The standard InChI is InChI=1S/C22H25N3O4/c26-19-18-21(28)24(16-13-29-14-16)10-11-25(18)17(23-20(19)27)12-22(8-4-5-9-22)15-6-2-1-3-7-15/h1-3,6-7,16,26H,4-5,8-14H2. The smallest absolute Gasteiger partial charge is 0.315 e. The monoisotopic (exact) mass is 395 g/mol. The van der Waals surface area contributed by atoms with Gasteiger partial charge in [0, 0.05) is 24.9 Å². The molecule has 0 unspecified atom stereocenters. The number of rotatable bonds is 4. The zero-order chi connectivity index (χ0) is 20.0. The molecule has 1 aliphatic carbocycles. The zero-order valence-electron chi connectivity index (χ0n) is 16.3. The van der Waals surface area contributed by atoms with Gasteiger partial charge < -0.3 is 19.3 Å². The van der Waals surface area contributed by atoms with E-state index in [2.05, 4.69) is 17.1 Å². The van der Waals surface area contributed by atoms with Crippen LogP contribution in [0.5, 0.6) is 5.75 Å². The quantitative estimate of drug-likeness (QED) is 0.854. The Labute approximate surface area is 168 Å². The van der Waals surface area contributed by atoms with Crippen LogP contribution in [0.2, 0.25) is 0 Å². The van der Waals surface area contributed by atoms with Crippen molar-refractivity contribution in [2.24, 2.45) is 0 Å². The molecule has 5 rings (SSSR count). The van der Waals surface area contributed by atoms with E-state index in [-0.39, 0.29) is 23.1 Å². The molecule has 1 saturated carbocycles. The van der Waals surface area contributed by atoms with E-state index in [0.29, 0.717) is 38.5 Å². The molecule has 1 N–H and O–H groups in total. The largest absolute Gasteiger partial charge is 0.501 e. The van der Waals surface area contributed by atoms with Gasteiger partial charge in [-0.25, -0.2) is 0 Å². The molecule has 0 radical (unpaired) electrons. The number of hydrogen-bond acceptors (Lipinski definition) is 5. The number of ether oxygens (including phenoxy) is 1. The number of benzene rings is 1. The second kappa shape index (κ2) is 6.99. The summed E-state index contributed by atoms with van der Waals surface area (Å²) in [6.45, 7) is 2.07. The second-order valence-corrected chi connectivity index (χ2v) is 8.40. The first-order valence-electron chi connectivity index (χ1n) is 10.4. The summed E-state index contributed by atoms with van der Waals surface area (Å²) in [5.41, 5.74) is 0.539. The maximum absolute atomic E-state index is 13.1. The molecule has 3 heterocycles. The van der Waals surface area contributed by atoms with Crippen molar-refractivity contribution in [2.75, 3.05) is 19.8 Å². The van der Waals surface area contributed by atoms with Crippen LogP contribution in [0.1, 0.15) is 47.6 Å². The summed E-state index contributed by atoms with van der Waals surface area (Å²) < 4.78 is 6.99. The highest BCUT2D eigenvalue weighted by atomic mass is 16.5. The normalized spacial score (nSPS) is 21.1. The number of fused-ring (bicyclic) bond motifs is 1. The molecule has 0 spiro atoms. The molecule has 2 fully saturated rings. The molecule has 2 aliphatic heterocycles. The van der Waals surface area contributed by atoms with Gasteiger partial charge in [0.15, 0.2) is 5.69 Å². The average molecular weight is 395 g/mol. The predicted molar refractivity (Wildman–Crippen MR) is 106 cm³/mol. The lowest BCUT2D eigenvalue weighted by molar-refractivity contribution is -0.0575. The highest BCUT2D eigenvalue weighted by Gasteiger charge is 2.40. The Kier molecular flexibility index (Phi) is 4.42. The Morgan fingerprint density at radius 1 is 1.10 bits per heavy atom. The number of aromatic hydroxyl groups is 1. The summed E-state index contributed by atoms with van der Waals surface area (Å²) in [7, 11) is 0. The fraction of sp³-hybridized carbons (Fsp3) is 0.500. The van der Waals surface area contributed by atoms with Gasteiger partial charge in [0.1, 0.15) is 5.82 Å². The molecule has 29 heavy (non-hydrogen) atoms. The maximum Gasteiger partial charge on any atom is 0.315 e. The molecule has 7 nitrogen and oxygen atoms in total. The zero-order valence-corrected chi connectivity index (χ0v) is 16.3. The van der Waals surface area contributed by atoms with Crippen LogP contribution in [0, 0.1) is 0 Å². The molecule has 7 heteroatoms. The third-order valence-electron chi connectivity index (χ3n) is 6.77. The van der Waals surface area contributed by atoms with Gasteiger partial charge in [-0.05, 0) is 18.4 Å². The van der Waals surface area contributed by atoms with Gasteiger partial charge in [-0.15, -0.1) is 0 Å². The number of carbonyl (C=O) groups is 1. The van der Waals surface area contributed by atoms with E-state index in [4.69, 9.17) is 4.74 Å². The van der Waals surface area contributed by atoms with Crippen molar-refractivity contribution in [1.82, 2.24) is 14.5 Å². The van der Waals surface area contributed by atoms with Crippen molar-refractivity contribution in [1.29, 1.82) is 0 Å². The summed E-state index contributed by atoms with van der Waals surface area (Å²) in [5.74, 6) is -0.238. The third-order valence-corrected chi connectivity index (χ3v) is 6.77.